The number of hydrazine groups is 1. The maximum Gasteiger partial charge on any atom is 0.330 e. The smallest absolute Gasteiger partial charge is 0.330 e. The number of carbonyl (C=O) groups excluding carboxylic acids is 2. The normalized spacial score (nSPS) is 16.6. The van der Waals surface area contributed by atoms with Crippen molar-refractivity contribution in [3.63, 3.8) is 0 Å². The van der Waals surface area contributed by atoms with Crippen LogP contribution >= 0.6 is 0 Å². The summed E-state index contributed by atoms with van der Waals surface area (Å²) in [6.07, 6.45) is 0.379. The molecule has 0 unspecified atom stereocenters. The Morgan fingerprint density at radius 2 is 1.95 bits per heavy atom. The van der Waals surface area contributed by atoms with Gasteiger partial charge in [0.1, 0.15) is 6.04 Å². The van der Waals surface area contributed by atoms with Gasteiger partial charge in [-0.3, -0.25) is 5.43 Å². The number of carbonyl (C=O) groups is 2. The molecule has 0 aliphatic carbocycles. The zero-order valence-electron chi connectivity index (χ0n) is 12.6. The van der Waals surface area contributed by atoms with Crippen molar-refractivity contribution in [2.45, 2.75) is 12.5 Å². The third-order valence-electron chi connectivity index (χ3n) is 3.34. The number of urea groups is 1. The Kier molecular flexibility index (Phi) is 6.17. The van der Waals surface area contributed by atoms with Crippen LogP contribution in [0, 0.1) is 0 Å². The predicted octanol–water partition coefficient (Wildman–Crippen LogP) is 0.317. The minimum atomic E-state index is -0.728. The van der Waals surface area contributed by atoms with Crippen molar-refractivity contribution in [3.8, 4) is 0 Å². The van der Waals surface area contributed by atoms with E-state index in [2.05, 4.69) is 10.7 Å². The zero-order valence-corrected chi connectivity index (χ0v) is 12.6. The lowest BCUT2D eigenvalue weighted by Gasteiger charge is -2.27. The number of morpholine rings is 1. The molecule has 120 valence electrons. The summed E-state index contributed by atoms with van der Waals surface area (Å²) in [7, 11) is 1.31. The Hall–Kier alpha value is -2.12. The number of nitrogens with one attached hydrogen (secondary N) is 2. The lowest BCUT2D eigenvalue weighted by molar-refractivity contribution is -0.142. The molecule has 7 heteroatoms. The van der Waals surface area contributed by atoms with Gasteiger partial charge in [0.15, 0.2) is 0 Å². The lowest BCUT2D eigenvalue weighted by atomic mass is 10.1. The van der Waals surface area contributed by atoms with Crippen LogP contribution in [0.25, 0.3) is 0 Å². The SMILES string of the molecule is COC(=O)[C@H](Cc1ccccc1)NC(=O)NN1CCOCC1. The number of hydrogen-bond donors (Lipinski definition) is 2. The molecular formula is C15H21N3O4. The summed E-state index contributed by atoms with van der Waals surface area (Å²) in [4.78, 5) is 23.9. The van der Waals surface area contributed by atoms with Crippen LogP contribution in [0.4, 0.5) is 4.79 Å². The van der Waals surface area contributed by atoms with Crippen LogP contribution in [-0.4, -0.2) is 56.5 Å². The highest BCUT2D eigenvalue weighted by Crippen LogP contribution is 2.04. The van der Waals surface area contributed by atoms with Crippen molar-refractivity contribution in [3.05, 3.63) is 35.9 Å². The van der Waals surface area contributed by atoms with E-state index in [-0.39, 0.29) is 0 Å². The van der Waals surface area contributed by atoms with Crippen LogP contribution in [0.1, 0.15) is 5.56 Å². The molecule has 2 N–H and O–H groups in total. The average Bonchev–Trinajstić information content (AvgIpc) is 2.55. The number of hydrogen-bond acceptors (Lipinski definition) is 5. The quantitative estimate of drug-likeness (QED) is 0.766. The third kappa shape index (κ3) is 5.01. The summed E-state index contributed by atoms with van der Waals surface area (Å²) in [5, 5.41) is 4.42. The van der Waals surface area contributed by atoms with Crippen molar-refractivity contribution in [2.24, 2.45) is 0 Å². The molecule has 0 saturated carbocycles. The maximum atomic E-state index is 12.0. The number of ether oxygens (including phenoxy) is 2. The lowest BCUT2D eigenvalue weighted by Crippen LogP contribution is -2.55. The van der Waals surface area contributed by atoms with Gasteiger partial charge in [-0.15, -0.1) is 0 Å². The van der Waals surface area contributed by atoms with E-state index >= 15 is 0 Å². The fourth-order valence-corrected chi connectivity index (χ4v) is 2.19. The van der Waals surface area contributed by atoms with Crippen LogP contribution in [0.15, 0.2) is 30.3 Å². The fraction of sp³-hybridized carbons (Fsp3) is 0.467. The molecule has 2 amide bonds. The molecule has 1 aliphatic heterocycles. The van der Waals surface area contributed by atoms with E-state index in [0.717, 1.165) is 5.56 Å². The zero-order chi connectivity index (χ0) is 15.8. The molecule has 1 aliphatic rings. The van der Waals surface area contributed by atoms with Crippen molar-refractivity contribution in [2.75, 3.05) is 33.4 Å². The molecule has 0 bridgehead atoms. The van der Waals surface area contributed by atoms with Crippen molar-refractivity contribution >= 4 is 12.0 Å². The first-order valence-corrected chi connectivity index (χ1v) is 7.20. The number of amides is 2. The highest BCUT2D eigenvalue weighted by Gasteiger charge is 2.23. The topological polar surface area (TPSA) is 79.9 Å². The van der Waals surface area contributed by atoms with Gasteiger partial charge < -0.3 is 14.8 Å². The Labute approximate surface area is 129 Å². The predicted molar refractivity (Wildman–Crippen MR) is 80.0 cm³/mol. The number of rotatable bonds is 5. The number of esters is 1. The Balaban J connectivity index is 1.91. The van der Waals surface area contributed by atoms with Gasteiger partial charge in [0.25, 0.3) is 0 Å². The van der Waals surface area contributed by atoms with Gasteiger partial charge in [-0.1, -0.05) is 30.3 Å². The van der Waals surface area contributed by atoms with Gasteiger partial charge in [-0.05, 0) is 5.56 Å². The second kappa shape index (κ2) is 8.35. The molecule has 1 aromatic carbocycles. The van der Waals surface area contributed by atoms with E-state index < -0.39 is 18.0 Å². The van der Waals surface area contributed by atoms with Crippen LogP contribution in [0.3, 0.4) is 0 Å². The Bertz CT molecular complexity index is 489. The van der Waals surface area contributed by atoms with Gasteiger partial charge >= 0.3 is 12.0 Å². The first kappa shape index (κ1) is 16.3. The van der Waals surface area contributed by atoms with E-state index in [1.807, 2.05) is 30.3 Å². The Morgan fingerprint density at radius 3 is 2.59 bits per heavy atom. The molecular weight excluding hydrogens is 286 g/mol. The highest BCUT2D eigenvalue weighted by atomic mass is 16.5. The molecule has 1 atom stereocenters. The van der Waals surface area contributed by atoms with Gasteiger partial charge in [0, 0.05) is 19.5 Å². The molecule has 1 heterocycles. The van der Waals surface area contributed by atoms with E-state index in [9.17, 15) is 9.59 Å². The average molecular weight is 307 g/mol. The molecule has 7 nitrogen and oxygen atoms in total. The first-order valence-electron chi connectivity index (χ1n) is 7.20. The summed E-state index contributed by atoms with van der Waals surface area (Å²) >= 11 is 0. The van der Waals surface area contributed by atoms with Crippen LogP contribution in [-0.2, 0) is 20.7 Å². The largest absolute Gasteiger partial charge is 0.467 e. The summed E-state index contributed by atoms with van der Waals surface area (Å²) in [5.41, 5.74) is 3.66. The molecule has 2 rings (SSSR count). The summed E-state index contributed by atoms with van der Waals surface area (Å²) < 4.78 is 9.97. The molecule has 1 fully saturated rings. The van der Waals surface area contributed by atoms with Gasteiger partial charge in [0.05, 0.1) is 20.3 Å². The second-order valence-electron chi connectivity index (χ2n) is 4.95. The van der Waals surface area contributed by atoms with Crippen LogP contribution < -0.4 is 10.7 Å². The summed E-state index contributed by atoms with van der Waals surface area (Å²) in [5.74, 6) is -0.471. The van der Waals surface area contributed by atoms with Gasteiger partial charge in [-0.2, -0.15) is 0 Å². The van der Waals surface area contributed by atoms with Gasteiger partial charge in [-0.25, -0.2) is 14.6 Å². The van der Waals surface area contributed by atoms with Crippen molar-refractivity contribution in [1.29, 1.82) is 0 Å². The summed E-state index contributed by atoms with van der Waals surface area (Å²) in [6, 6.07) is 8.32. The van der Waals surface area contributed by atoms with E-state index in [0.29, 0.717) is 32.7 Å². The molecule has 1 saturated heterocycles. The monoisotopic (exact) mass is 307 g/mol. The minimum Gasteiger partial charge on any atom is -0.467 e. The van der Waals surface area contributed by atoms with Crippen molar-refractivity contribution in [1.82, 2.24) is 15.8 Å². The van der Waals surface area contributed by atoms with Crippen LogP contribution in [0.5, 0.6) is 0 Å². The molecule has 0 radical (unpaired) electrons. The first-order chi connectivity index (χ1) is 10.7. The Morgan fingerprint density at radius 1 is 1.27 bits per heavy atom. The molecule has 1 aromatic rings. The third-order valence-corrected chi connectivity index (χ3v) is 3.34. The molecule has 0 spiro atoms. The van der Waals surface area contributed by atoms with Crippen LogP contribution in [0.2, 0.25) is 0 Å². The molecule has 22 heavy (non-hydrogen) atoms. The second-order valence-corrected chi connectivity index (χ2v) is 4.95. The van der Waals surface area contributed by atoms with E-state index in [4.69, 9.17) is 9.47 Å². The van der Waals surface area contributed by atoms with Crippen molar-refractivity contribution < 1.29 is 19.1 Å². The number of benzene rings is 1. The van der Waals surface area contributed by atoms with Gasteiger partial charge in [0.2, 0.25) is 0 Å². The molecule has 0 aromatic heterocycles. The van der Waals surface area contributed by atoms with E-state index in [1.54, 1.807) is 5.01 Å². The number of methoxy groups -OCH3 is 1. The summed E-state index contributed by atoms with van der Waals surface area (Å²) in [6.45, 7) is 2.39. The van der Waals surface area contributed by atoms with E-state index in [1.165, 1.54) is 7.11 Å². The fourth-order valence-electron chi connectivity index (χ4n) is 2.19. The number of nitrogens with zero attached hydrogens (tertiary/aromatic N) is 1. The minimum absolute atomic E-state index is 0.379. The highest BCUT2D eigenvalue weighted by molar-refractivity contribution is 5.83. The standard InChI is InChI=1S/C15H21N3O4/c1-21-14(19)13(11-12-5-3-2-4-6-12)16-15(20)17-18-7-9-22-10-8-18/h2-6,13H,7-11H2,1H3,(H2,16,17,20)/t13-/m0/s1. The maximum absolute atomic E-state index is 12.0.